The zero-order chi connectivity index (χ0) is 14.2. The maximum atomic E-state index is 11.2. The lowest BCUT2D eigenvalue weighted by Crippen LogP contribution is -2.08. The highest BCUT2D eigenvalue weighted by Crippen LogP contribution is 2.18. The summed E-state index contributed by atoms with van der Waals surface area (Å²) in [5.74, 6) is -0.914. The lowest BCUT2D eigenvalue weighted by molar-refractivity contribution is 0.0695. The van der Waals surface area contributed by atoms with Crippen LogP contribution in [0.4, 0.5) is 0 Å². The summed E-state index contributed by atoms with van der Waals surface area (Å²) >= 11 is 0. The first-order valence-electron chi connectivity index (χ1n) is 6.24. The van der Waals surface area contributed by atoms with Crippen LogP contribution in [-0.4, -0.2) is 20.9 Å². The summed E-state index contributed by atoms with van der Waals surface area (Å²) < 4.78 is 1.77. The molecule has 0 bridgehead atoms. The number of carboxylic acids is 1. The first-order valence-corrected chi connectivity index (χ1v) is 6.24. The number of carbonyl (C=O) groups is 1. The largest absolute Gasteiger partial charge is 0.478 e. The average Bonchev–Trinajstić information content (AvgIpc) is 2.59. The van der Waals surface area contributed by atoms with E-state index in [1.165, 1.54) is 16.7 Å². The van der Waals surface area contributed by atoms with E-state index >= 15 is 0 Å². The molecule has 1 aromatic heterocycles. The second-order valence-electron chi connectivity index (χ2n) is 4.88. The predicted octanol–water partition coefficient (Wildman–Crippen LogP) is 2.86. The molecule has 0 radical (unpaired) electrons. The topological polar surface area (TPSA) is 55.1 Å². The lowest BCUT2D eigenvalue weighted by Gasteiger charge is -2.11. The van der Waals surface area contributed by atoms with E-state index in [2.05, 4.69) is 31.1 Å². The normalized spacial score (nSPS) is 10.7. The second kappa shape index (κ2) is 4.88. The number of carboxylic acid groups (broad SMARTS) is 1. The van der Waals surface area contributed by atoms with Gasteiger partial charge in [-0.05, 0) is 44.4 Å². The molecule has 2 aromatic rings. The van der Waals surface area contributed by atoms with E-state index in [0.29, 0.717) is 23.5 Å². The molecule has 0 aliphatic carbocycles. The maximum Gasteiger partial charge on any atom is 0.339 e. The molecule has 19 heavy (non-hydrogen) atoms. The van der Waals surface area contributed by atoms with Crippen LogP contribution in [-0.2, 0) is 6.54 Å². The number of hydrogen-bond donors (Lipinski definition) is 1. The zero-order valence-corrected chi connectivity index (χ0v) is 11.7. The number of aromatic nitrogens is 2. The molecule has 2 rings (SSSR count). The molecule has 4 nitrogen and oxygen atoms in total. The van der Waals surface area contributed by atoms with Crippen molar-refractivity contribution in [3.8, 4) is 0 Å². The molecule has 0 aliphatic rings. The molecule has 100 valence electrons. The van der Waals surface area contributed by atoms with E-state index in [9.17, 15) is 9.90 Å². The molecule has 1 aromatic carbocycles. The van der Waals surface area contributed by atoms with Gasteiger partial charge in [-0.15, -0.1) is 0 Å². The Bertz CT molecular complexity index is 622. The molecule has 0 aliphatic heterocycles. The molecule has 1 N–H and O–H groups in total. The highest BCUT2D eigenvalue weighted by Gasteiger charge is 2.18. The van der Waals surface area contributed by atoms with E-state index in [1.54, 1.807) is 18.5 Å². The molecular formula is C15H18N2O2. The van der Waals surface area contributed by atoms with Crippen molar-refractivity contribution in [2.45, 2.75) is 34.2 Å². The zero-order valence-electron chi connectivity index (χ0n) is 11.7. The molecule has 0 spiro atoms. The fraction of sp³-hybridized carbons (Fsp3) is 0.333. The quantitative estimate of drug-likeness (QED) is 0.921. The molecule has 1 heterocycles. The summed E-state index contributed by atoms with van der Waals surface area (Å²) in [6.07, 6.45) is 0. The fourth-order valence-electron chi connectivity index (χ4n) is 2.41. The van der Waals surface area contributed by atoms with Crippen molar-refractivity contribution in [1.82, 2.24) is 9.78 Å². The Morgan fingerprint density at radius 2 is 1.79 bits per heavy atom. The Hall–Kier alpha value is -2.10. The third kappa shape index (κ3) is 2.38. The van der Waals surface area contributed by atoms with Gasteiger partial charge in [-0.25, -0.2) is 4.79 Å². The summed E-state index contributed by atoms with van der Waals surface area (Å²) in [6.45, 7) is 8.27. The van der Waals surface area contributed by atoms with E-state index in [4.69, 9.17) is 0 Å². The van der Waals surface area contributed by atoms with Gasteiger partial charge >= 0.3 is 5.97 Å². The van der Waals surface area contributed by atoms with Crippen LogP contribution in [0.5, 0.6) is 0 Å². The van der Waals surface area contributed by atoms with Crippen LogP contribution in [0.2, 0.25) is 0 Å². The summed E-state index contributed by atoms with van der Waals surface area (Å²) in [7, 11) is 0. The highest BCUT2D eigenvalue weighted by molar-refractivity contribution is 5.90. The van der Waals surface area contributed by atoms with Crippen LogP contribution in [0.1, 0.15) is 38.4 Å². The van der Waals surface area contributed by atoms with Crippen LogP contribution in [0.3, 0.4) is 0 Å². The molecule has 0 atom stereocenters. The predicted molar refractivity (Wildman–Crippen MR) is 73.7 cm³/mol. The highest BCUT2D eigenvalue weighted by atomic mass is 16.4. The summed E-state index contributed by atoms with van der Waals surface area (Å²) in [6, 6.07) is 6.15. The Morgan fingerprint density at radius 3 is 2.26 bits per heavy atom. The van der Waals surface area contributed by atoms with E-state index in [-0.39, 0.29) is 0 Å². The number of rotatable bonds is 3. The van der Waals surface area contributed by atoms with E-state index in [1.807, 2.05) is 6.07 Å². The monoisotopic (exact) mass is 258 g/mol. The Labute approximate surface area is 112 Å². The van der Waals surface area contributed by atoms with Crippen LogP contribution >= 0.6 is 0 Å². The first-order chi connectivity index (χ1) is 8.91. The van der Waals surface area contributed by atoms with Gasteiger partial charge in [0.05, 0.1) is 17.9 Å². The lowest BCUT2D eigenvalue weighted by atomic mass is 10.0. The third-order valence-corrected chi connectivity index (χ3v) is 3.55. The third-order valence-electron chi connectivity index (χ3n) is 3.55. The van der Waals surface area contributed by atoms with E-state index < -0.39 is 5.97 Å². The Balaban J connectivity index is 2.45. The van der Waals surface area contributed by atoms with Crippen LogP contribution in [0, 0.1) is 27.7 Å². The average molecular weight is 258 g/mol. The number of aryl methyl sites for hydroxylation is 3. The number of benzene rings is 1. The van der Waals surface area contributed by atoms with Crippen molar-refractivity contribution in [2.24, 2.45) is 0 Å². The van der Waals surface area contributed by atoms with Crippen LogP contribution < -0.4 is 0 Å². The minimum atomic E-state index is -0.914. The van der Waals surface area contributed by atoms with Crippen molar-refractivity contribution in [1.29, 1.82) is 0 Å². The van der Waals surface area contributed by atoms with Gasteiger partial charge in [0.2, 0.25) is 0 Å². The van der Waals surface area contributed by atoms with Crippen molar-refractivity contribution in [3.63, 3.8) is 0 Å². The number of hydrogen-bond acceptors (Lipinski definition) is 2. The molecule has 0 saturated heterocycles. The maximum absolute atomic E-state index is 11.2. The Kier molecular flexibility index (Phi) is 3.42. The van der Waals surface area contributed by atoms with Crippen LogP contribution in [0.15, 0.2) is 18.2 Å². The number of nitrogens with zero attached hydrogens (tertiary/aromatic N) is 2. The van der Waals surface area contributed by atoms with E-state index in [0.717, 1.165) is 0 Å². The van der Waals surface area contributed by atoms with Gasteiger partial charge in [-0.2, -0.15) is 5.10 Å². The fourth-order valence-corrected chi connectivity index (χ4v) is 2.41. The van der Waals surface area contributed by atoms with Gasteiger partial charge in [-0.3, -0.25) is 4.68 Å². The standard InChI is InChI=1S/C15H18N2O2/c1-9-6-5-7-10(2)13(9)8-17-12(4)14(15(18)19)11(3)16-17/h5-7H,8H2,1-4H3,(H,18,19). The van der Waals surface area contributed by atoms with Gasteiger partial charge in [0.1, 0.15) is 5.56 Å². The minimum absolute atomic E-state index is 0.311. The smallest absolute Gasteiger partial charge is 0.339 e. The molecule has 0 fully saturated rings. The van der Waals surface area contributed by atoms with Crippen LogP contribution in [0.25, 0.3) is 0 Å². The molecule has 0 saturated carbocycles. The van der Waals surface area contributed by atoms with Crippen molar-refractivity contribution in [3.05, 3.63) is 51.8 Å². The minimum Gasteiger partial charge on any atom is -0.478 e. The van der Waals surface area contributed by atoms with Gasteiger partial charge in [0, 0.05) is 0 Å². The van der Waals surface area contributed by atoms with Gasteiger partial charge in [-0.1, -0.05) is 18.2 Å². The molecule has 0 unspecified atom stereocenters. The molecular weight excluding hydrogens is 240 g/mol. The SMILES string of the molecule is Cc1cccc(C)c1Cn1nc(C)c(C(=O)O)c1C. The van der Waals surface area contributed by atoms with Crippen molar-refractivity contribution < 1.29 is 9.90 Å². The molecule has 0 amide bonds. The first kappa shape index (κ1) is 13.3. The van der Waals surface area contributed by atoms with Crippen molar-refractivity contribution in [2.75, 3.05) is 0 Å². The Morgan fingerprint density at radius 1 is 1.21 bits per heavy atom. The summed E-state index contributed by atoms with van der Waals surface area (Å²) in [5.41, 5.74) is 5.18. The van der Waals surface area contributed by atoms with Gasteiger partial charge < -0.3 is 5.11 Å². The van der Waals surface area contributed by atoms with Crippen molar-refractivity contribution >= 4 is 5.97 Å². The number of aromatic carboxylic acids is 1. The second-order valence-corrected chi connectivity index (χ2v) is 4.88. The van der Waals surface area contributed by atoms with Gasteiger partial charge in [0.25, 0.3) is 0 Å². The molecule has 4 heteroatoms. The summed E-state index contributed by atoms with van der Waals surface area (Å²) in [4.78, 5) is 11.2. The van der Waals surface area contributed by atoms with Gasteiger partial charge in [0.15, 0.2) is 0 Å². The summed E-state index contributed by atoms with van der Waals surface area (Å²) in [5, 5.41) is 13.5.